The molecule has 1 amide bonds. The first-order valence-electron chi connectivity index (χ1n) is 10.7. The zero-order valence-electron chi connectivity index (χ0n) is 18.0. The standard InChI is InChI=1S/C20H31N5O2.CH2O2/c1-12-13(2)21-20(24-6-4-5-7-24)23-19(12)25-10-15-8-17(22-14(3)26)18(27)9-16(15)11-25;2-1-3/h15-18,27H,4-11H2,1-3H3,(H,22,26);1H,(H,2,3)/t15-,16+,17-,18-;/m1./s1. The van der Waals surface area contributed by atoms with Crippen LogP contribution < -0.4 is 15.1 Å². The van der Waals surface area contributed by atoms with Gasteiger partial charge >= 0.3 is 0 Å². The Morgan fingerprint density at radius 3 is 2.30 bits per heavy atom. The topological polar surface area (TPSA) is 119 Å². The average Bonchev–Trinajstić information content (AvgIpc) is 3.34. The van der Waals surface area contributed by atoms with Gasteiger partial charge in [0.15, 0.2) is 0 Å². The summed E-state index contributed by atoms with van der Waals surface area (Å²) in [5.74, 6) is 2.77. The second-order valence-corrected chi connectivity index (χ2v) is 8.63. The van der Waals surface area contributed by atoms with Crippen LogP contribution in [0.5, 0.6) is 0 Å². The molecule has 0 radical (unpaired) electrons. The van der Waals surface area contributed by atoms with Crippen molar-refractivity contribution in [2.24, 2.45) is 11.8 Å². The molecule has 4 rings (SSSR count). The molecule has 0 aromatic carbocycles. The van der Waals surface area contributed by atoms with Gasteiger partial charge in [0.05, 0.1) is 12.1 Å². The lowest BCUT2D eigenvalue weighted by molar-refractivity contribution is -0.123. The number of fused-ring (bicyclic) bond motifs is 1. The zero-order chi connectivity index (χ0) is 21.8. The SMILES string of the molecule is CC(=O)N[C@@H]1C[C@@H]2CN(c3nc(N4CCCC4)nc(C)c3C)C[C@@H]2C[C@H]1O.O=CO. The first-order valence-corrected chi connectivity index (χ1v) is 10.7. The van der Waals surface area contributed by atoms with Crippen LogP contribution in [0.2, 0.25) is 0 Å². The number of aliphatic hydroxyl groups is 1. The zero-order valence-corrected chi connectivity index (χ0v) is 18.0. The summed E-state index contributed by atoms with van der Waals surface area (Å²) in [7, 11) is 0. The number of aryl methyl sites for hydroxylation is 1. The quantitative estimate of drug-likeness (QED) is 0.624. The van der Waals surface area contributed by atoms with Crippen LogP contribution in [-0.4, -0.2) is 70.9 Å². The molecule has 0 unspecified atom stereocenters. The average molecular weight is 420 g/mol. The summed E-state index contributed by atoms with van der Waals surface area (Å²) in [6.07, 6.45) is 3.55. The van der Waals surface area contributed by atoms with Crippen LogP contribution in [0.4, 0.5) is 11.8 Å². The van der Waals surface area contributed by atoms with Gasteiger partial charge in [-0.15, -0.1) is 0 Å². The molecule has 0 spiro atoms. The molecule has 0 bridgehead atoms. The van der Waals surface area contributed by atoms with Crippen LogP contribution in [0.3, 0.4) is 0 Å². The molecule has 2 saturated heterocycles. The maximum Gasteiger partial charge on any atom is 0.290 e. The number of amides is 1. The Hall–Kier alpha value is -2.42. The van der Waals surface area contributed by atoms with E-state index in [0.717, 1.165) is 62.0 Å². The number of aliphatic hydroxyl groups excluding tert-OH is 1. The molecule has 1 saturated carbocycles. The van der Waals surface area contributed by atoms with Crippen LogP contribution in [0.1, 0.15) is 43.9 Å². The summed E-state index contributed by atoms with van der Waals surface area (Å²) in [6, 6.07) is -0.128. The highest BCUT2D eigenvalue weighted by Gasteiger charge is 2.42. The number of nitrogens with zero attached hydrogens (tertiary/aromatic N) is 4. The van der Waals surface area contributed by atoms with E-state index in [1.54, 1.807) is 0 Å². The van der Waals surface area contributed by atoms with Crippen molar-refractivity contribution in [1.29, 1.82) is 0 Å². The Kier molecular flexibility index (Phi) is 7.12. The summed E-state index contributed by atoms with van der Waals surface area (Å²) in [6.45, 7) is 9.38. The third-order valence-corrected chi connectivity index (χ3v) is 6.57. The minimum absolute atomic E-state index is 0.0649. The Morgan fingerprint density at radius 1 is 1.10 bits per heavy atom. The van der Waals surface area contributed by atoms with E-state index >= 15 is 0 Å². The molecule has 3 N–H and O–H groups in total. The number of rotatable bonds is 3. The first kappa shape index (κ1) is 22.3. The number of aromatic nitrogens is 2. The molecule has 2 aliphatic heterocycles. The molecular formula is C21H33N5O4. The third-order valence-electron chi connectivity index (χ3n) is 6.57. The maximum atomic E-state index is 11.4. The van der Waals surface area contributed by atoms with Crippen LogP contribution in [0, 0.1) is 25.7 Å². The normalized spacial score (nSPS) is 27.9. The van der Waals surface area contributed by atoms with Crippen LogP contribution >= 0.6 is 0 Å². The minimum Gasteiger partial charge on any atom is -0.483 e. The van der Waals surface area contributed by atoms with Gasteiger partial charge in [-0.3, -0.25) is 9.59 Å². The van der Waals surface area contributed by atoms with Gasteiger partial charge in [-0.2, -0.15) is 4.98 Å². The summed E-state index contributed by atoms with van der Waals surface area (Å²) >= 11 is 0. The molecule has 1 aliphatic carbocycles. The minimum atomic E-state index is -0.455. The maximum absolute atomic E-state index is 11.4. The number of nitrogens with one attached hydrogen (secondary N) is 1. The Labute approximate surface area is 177 Å². The highest BCUT2D eigenvalue weighted by atomic mass is 16.3. The fourth-order valence-electron chi connectivity index (χ4n) is 4.99. The monoisotopic (exact) mass is 419 g/mol. The number of carbonyl (C=O) groups is 2. The van der Waals surface area contributed by atoms with Gasteiger partial charge < -0.3 is 25.3 Å². The van der Waals surface area contributed by atoms with Crippen molar-refractivity contribution in [3.05, 3.63) is 11.3 Å². The van der Waals surface area contributed by atoms with Crippen molar-refractivity contribution < 1.29 is 19.8 Å². The van der Waals surface area contributed by atoms with Crippen molar-refractivity contribution in [2.75, 3.05) is 36.0 Å². The van der Waals surface area contributed by atoms with Gasteiger partial charge in [0.25, 0.3) is 6.47 Å². The number of carboxylic acid groups (broad SMARTS) is 1. The van der Waals surface area contributed by atoms with Gasteiger partial charge in [-0.25, -0.2) is 4.98 Å². The molecule has 1 aromatic heterocycles. The van der Waals surface area contributed by atoms with E-state index in [1.807, 2.05) is 0 Å². The Balaban J connectivity index is 0.000000806. The van der Waals surface area contributed by atoms with E-state index < -0.39 is 6.10 Å². The van der Waals surface area contributed by atoms with Crippen molar-refractivity contribution in [3.63, 3.8) is 0 Å². The summed E-state index contributed by atoms with van der Waals surface area (Å²) in [5, 5.41) is 20.3. The second kappa shape index (κ2) is 9.59. The van der Waals surface area contributed by atoms with Gasteiger partial charge in [0, 0.05) is 44.4 Å². The molecule has 3 aliphatic rings. The van der Waals surface area contributed by atoms with Crippen molar-refractivity contribution >= 4 is 24.1 Å². The smallest absolute Gasteiger partial charge is 0.290 e. The van der Waals surface area contributed by atoms with E-state index in [0.29, 0.717) is 11.8 Å². The van der Waals surface area contributed by atoms with Gasteiger partial charge in [-0.1, -0.05) is 0 Å². The van der Waals surface area contributed by atoms with Gasteiger partial charge in [0.2, 0.25) is 11.9 Å². The molecule has 3 heterocycles. The fourth-order valence-corrected chi connectivity index (χ4v) is 4.99. The lowest BCUT2D eigenvalue weighted by Crippen LogP contribution is -2.48. The predicted molar refractivity (Wildman–Crippen MR) is 114 cm³/mol. The molecule has 30 heavy (non-hydrogen) atoms. The fraction of sp³-hybridized carbons (Fsp3) is 0.714. The van der Waals surface area contributed by atoms with E-state index in [2.05, 4.69) is 29.0 Å². The number of anilines is 2. The number of carbonyl (C=O) groups excluding carboxylic acids is 1. The first-order chi connectivity index (χ1) is 14.3. The lowest BCUT2D eigenvalue weighted by atomic mass is 9.77. The van der Waals surface area contributed by atoms with Gasteiger partial charge in [-0.05, 0) is 51.4 Å². The molecule has 1 aromatic rings. The Bertz CT molecular complexity index is 768. The Morgan fingerprint density at radius 2 is 1.70 bits per heavy atom. The van der Waals surface area contributed by atoms with Crippen LogP contribution in [0.25, 0.3) is 0 Å². The summed E-state index contributed by atoms with van der Waals surface area (Å²) in [5.41, 5.74) is 2.20. The van der Waals surface area contributed by atoms with E-state index in [-0.39, 0.29) is 18.4 Å². The molecule has 166 valence electrons. The number of hydrogen-bond acceptors (Lipinski definition) is 7. The third kappa shape index (κ3) is 4.83. The van der Waals surface area contributed by atoms with Crippen LogP contribution in [-0.2, 0) is 9.59 Å². The highest BCUT2D eigenvalue weighted by Crippen LogP contribution is 2.39. The van der Waals surface area contributed by atoms with E-state index in [4.69, 9.17) is 19.9 Å². The molecule has 4 atom stereocenters. The van der Waals surface area contributed by atoms with Crippen molar-refractivity contribution in [3.8, 4) is 0 Å². The van der Waals surface area contributed by atoms with E-state index in [1.165, 1.54) is 19.8 Å². The molecule has 3 fully saturated rings. The largest absolute Gasteiger partial charge is 0.483 e. The number of hydrogen-bond donors (Lipinski definition) is 3. The second-order valence-electron chi connectivity index (χ2n) is 8.63. The molecule has 9 nitrogen and oxygen atoms in total. The van der Waals surface area contributed by atoms with Crippen molar-refractivity contribution in [2.45, 2.75) is 58.6 Å². The predicted octanol–water partition coefficient (Wildman–Crippen LogP) is 1.11. The molecular weight excluding hydrogens is 386 g/mol. The van der Waals surface area contributed by atoms with E-state index in [9.17, 15) is 9.90 Å². The lowest BCUT2D eigenvalue weighted by Gasteiger charge is -2.35. The summed E-state index contributed by atoms with van der Waals surface area (Å²) < 4.78 is 0. The summed E-state index contributed by atoms with van der Waals surface area (Å²) in [4.78, 5) is 34.1. The van der Waals surface area contributed by atoms with Gasteiger partial charge in [0.1, 0.15) is 5.82 Å². The highest BCUT2D eigenvalue weighted by molar-refractivity contribution is 5.73. The van der Waals surface area contributed by atoms with Crippen molar-refractivity contribution in [1.82, 2.24) is 15.3 Å². The molecule has 9 heteroatoms. The van der Waals surface area contributed by atoms with Crippen LogP contribution in [0.15, 0.2) is 0 Å².